The van der Waals surface area contributed by atoms with Crippen LogP contribution < -0.4 is 10.3 Å². The lowest BCUT2D eigenvalue weighted by molar-refractivity contribution is 0.103. The summed E-state index contributed by atoms with van der Waals surface area (Å²) in [5, 5.41) is 20.8. The molecule has 0 amide bonds. The number of benzene rings is 2. The van der Waals surface area contributed by atoms with Gasteiger partial charge in [-0.25, -0.2) is 0 Å². The summed E-state index contributed by atoms with van der Waals surface area (Å²) < 4.78 is 6.54. The molecule has 0 saturated heterocycles. The topological polar surface area (TPSA) is 92.3 Å². The van der Waals surface area contributed by atoms with E-state index in [2.05, 4.69) is 0 Å². The SMILES string of the molecule is CCCOc1c(Cl)cc(C(=O)c2c(C)c(C#N)c(=O)n(Cc3ccccc3)c2O)cc1Cl. The first-order chi connectivity index (χ1) is 15.3. The first-order valence-electron chi connectivity index (χ1n) is 9.87. The lowest BCUT2D eigenvalue weighted by atomic mass is 9.97. The maximum Gasteiger partial charge on any atom is 0.271 e. The molecule has 0 aliphatic rings. The van der Waals surface area contributed by atoms with E-state index in [1.54, 1.807) is 24.3 Å². The van der Waals surface area contributed by atoms with Gasteiger partial charge >= 0.3 is 0 Å². The quantitative estimate of drug-likeness (QED) is 0.484. The number of nitrogens with zero attached hydrogens (tertiary/aromatic N) is 2. The first-order valence-corrected chi connectivity index (χ1v) is 10.6. The Morgan fingerprint density at radius 2 is 1.81 bits per heavy atom. The van der Waals surface area contributed by atoms with Gasteiger partial charge < -0.3 is 9.84 Å². The van der Waals surface area contributed by atoms with Crippen molar-refractivity contribution in [2.24, 2.45) is 0 Å². The number of halogens is 2. The van der Waals surface area contributed by atoms with Crippen molar-refractivity contribution in [3.8, 4) is 17.7 Å². The smallest absolute Gasteiger partial charge is 0.271 e. The number of aromatic hydroxyl groups is 1. The highest BCUT2D eigenvalue weighted by atomic mass is 35.5. The number of nitriles is 1. The Labute approximate surface area is 195 Å². The third-order valence-corrected chi connectivity index (χ3v) is 5.48. The fourth-order valence-corrected chi connectivity index (χ4v) is 3.91. The molecule has 0 spiro atoms. The first kappa shape index (κ1) is 23.4. The number of carbonyl (C=O) groups is 1. The van der Waals surface area contributed by atoms with Crippen LogP contribution >= 0.6 is 23.2 Å². The summed E-state index contributed by atoms with van der Waals surface area (Å²) in [4.78, 5) is 26.2. The normalized spacial score (nSPS) is 10.6. The molecule has 8 heteroatoms. The number of hydrogen-bond acceptors (Lipinski definition) is 5. The molecule has 32 heavy (non-hydrogen) atoms. The second-order valence-corrected chi connectivity index (χ2v) is 7.95. The maximum atomic E-state index is 13.4. The van der Waals surface area contributed by atoms with E-state index < -0.39 is 17.2 Å². The summed E-state index contributed by atoms with van der Waals surface area (Å²) in [6.07, 6.45) is 0.750. The Morgan fingerprint density at radius 1 is 1.19 bits per heavy atom. The Kier molecular flexibility index (Phi) is 7.24. The number of pyridine rings is 1. The van der Waals surface area contributed by atoms with E-state index in [0.29, 0.717) is 6.61 Å². The molecule has 1 heterocycles. The highest BCUT2D eigenvalue weighted by Gasteiger charge is 2.26. The number of hydrogen-bond donors (Lipinski definition) is 1. The predicted molar refractivity (Wildman–Crippen MR) is 123 cm³/mol. The second kappa shape index (κ2) is 9.90. The molecule has 1 aromatic heterocycles. The fourth-order valence-electron chi connectivity index (χ4n) is 3.31. The van der Waals surface area contributed by atoms with Crippen LogP contribution in [0.3, 0.4) is 0 Å². The molecule has 1 N–H and O–H groups in total. The zero-order valence-electron chi connectivity index (χ0n) is 17.5. The molecule has 0 bridgehead atoms. The summed E-state index contributed by atoms with van der Waals surface area (Å²) in [7, 11) is 0. The van der Waals surface area contributed by atoms with Gasteiger partial charge in [0.25, 0.3) is 5.56 Å². The highest BCUT2D eigenvalue weighted by molar-refractivity contribution is 6.38. The molecule has 3 rings (SSSR count). The molecule has 2 aromatic carbocycles. The van der Waals surface area contributed by atoms with Crippen LogP contribution in [0.1, 0.15) is 46.0 Å². The van der Waals surface area contributed by atoms with Crippen molar-refractivity contribution in [1.82, 2.24) is 4.57 Å². The number of aromatic nitrogens is 1. The molecule has 3 aromatic rings. The standard InChI is InChI=1S/C24H20Cl2N2O4/c1-3-9-32-22-18(25)10-16(11-19(22)26)21(29)20-14(2)17(12-27)23(30)28(24(20)31)13-15-7-5-4-6-8-15/h4-8,10-11,31H,3,9,13H2,1-2H3. The van der Waals surface area contributed by atoms with E-state index in [0.717, 1.165) is 16.6 Å². The molecule has 0 saturated carbocycles. The highest BCUT2D eigenvalue weighted by Crippen LogP contribution is 2.36. The number of ether oxygens (including phenoxy) is 1. The summed E-state index contributed by atoms with van der Waals surface area (Å²) >= 11 is 12.5. The van der Waals surface area contributed by atoms with E-state index in [1.807, 2.05) is 19.1 Å². The molecular formula is C24H20Cl2N2O4. The van der Waals surface area contributed by atoms with E-state index >= 15 is 0 Å². The van der Waals surface area contributed by atoms with Crippen molar-refractivity contribution in [1.29, 1.82) is 5.26 Å². The van der Waals surface area contributed by atoms with Crippen molar-refractivity contribution < 1.29 is 14.6 Å². The lowest BCUT2D eigenvalue weighted by Crippen LogP contribution is -2.27. The Bertz CT molecular complexity index is 1250. The summed E-state index contributed by atoms with van der Waals surface area (Å²) in [5.74, 6) is -0.887. The van der Waals surface area contributed by atoms with Crippen LogP contribution in [0.5, 0.6) is 11.6 Å². The van der Waals surface area contributed by atoms with Gasteiger partial charge in [0.05, 0.1) is 28.8 Å². The molecule has 0 aliphatic carbocycles. The van der Waals surface area contributed by atoms with Crippen LogP contribution in [-0.4, -0.2) is 22.1 Å². The second-order valence-electron chi connectivity index (χ2n) is 7.13. The zero-order chi connectivity index (χ0) is 23.4. The van der Waals surface area contributed by atoms with Gasteiger partial charge in [-0.1, -0.05) is 60.5 Å². The van der Waals surface area contributed by atoms with Crippen LogP contribution in [0.15, 0.2) is 47.3 Å². The van der Waals surface area contributed by atoms with E-state index in [9.17, 15) is 20.0 Å². The molecular weight excluding hydrogens is 451 g/mol. The van der Waals surface area contributed by atoms with Gasteiger partial charge in [0.15, 0.2) is 11.5 Å². The Morgan fingerprint density at radius 3 is 2.38 bits per heavy atom. The molecule has 0 aliphatic heterocycles. The number of rotatable bonds is 7. The molecule has 0 unspecified atom stereocenters. The lowest BCUT2D eigenvalue weighted by Gasteiger charge is -2.16. The summed E-state index contributed by atoms with van der Waals surface area (Å²) in [6.45, 7) is 3.78. The monoisotopic (exact) mass is 470 g/mol. The third kappa shape index (κ3) is 4.50. The van der Waals surface area contributed by atoms with Crippen LogP contribution in [0.25, 0.3) is 0 Å². The van der Waals surface area contributed by atoms with E-state index in [1.165, 1.54) is 19.1 Å². The minimum atomic E-state index is -0.678. The molecule has 0 fully saturated rings. The maximum absolute atomic E-state index is 13.4. The van der Waals surface area contributed by atoms with E-state index in [-0.39, 0.29) is 44.6 Å². The van der Waals surface area contributed by atoms with E-state index in [4.69, 9.17) is 27.9 Å². The van der Waals surface area contributed by atoms with Gasteiger partial charge in [0.2, 0.25) is 5.88 Å². The fraction of sp³-hybridized carbons (Fsp3) is 0.208. The van der Waals surface area contributed by atoms with Gasteiger partial charge in [-0.05, 0) is 36.6 Å². The van der Waals surface area contributed by atoms with Crippen LogP contribution in [0, 0.1) is 18.3 Å². The van der Waals surface area contributed by atoms with Crippen molar-refractivity contribution in [2.75, 3.05) is 6.61 Å². The zero-order valence-corrected chi connectivity index (χ0v) is 19.0. The van der Waals surface area contributed by atoms with Crippen LogP contribution in [0.4, 0.5) is 0 Å². The molecule has 0 radical (unpaired) electrons. The van der Waals surface area contributed by atoms with Gasteiger partial charge in [0, 0.05) is 5.56 Å². The van der Waals surface area contributed by atoms with Gasteiger partial charge in [0.1, 0.15) is 11.6 Å². The number of carbonyl (C=O) groups excluding carboxylic acids is 1. The van der Waals surface area contributed by atoms with Crippen molar-refractivity contribution in [3.05, 3.63) is 90.7 Å². The summed E-state index contributed by atoms with van der Waals surface area (Å²) in [6, 6.07) is 13.6. The molecule has 164 valence electrons. The average molecular weight is 471 g/mol. The van der Waals surface area contributed by atoms with Gasteiger partial charge in [-0.2, -0.15) is 5.26 Å². The minimum Gasteiger partial charge on any atom is -0.494 e. The van der Waals surface area contributed by atoms with Crippen molar-refractivity contribution >= 4 is 29.0 Å². The largest absolute Gasteiger partial charge is 0.494 e. The molecule has 6 nitrogen and oxygen atoms in total. The van der Waals surface area contributed by atoms with Crippen LogP contribution in [-0.2, 0) is 6.54 Å². The minimum absolute atomic E-state index is 0.00788. The average Bonchev–Trinajstić information content (AvgIpc) is 2.77. The van der Waals surface area contributed by atoms with Crippen molar-refractivity contribution in [3.63, 3.8) is 0 Å². The summed E-state index contributed by atoms with van der Waals surface area (Å²) in [5.41, 5.74) is -0.158. The third-order valence-electron chi connectivity index (χ3n) is 4.92. The van der Waals surface area contributed by atoms with Gasteiger partial charge in [-0.3, -0.25) is 14.2 Å². The predicted octanol–water partition coefficient (Wildman–Crippen LogP) is 5.11. The molecule has 0 atom stereocenters. The Hall–Kier alpha value is -3.27. The number of ketones is 1. The van der Waals surface area contributed by atoms with Crippen LogP contribution in [0.2, 0.25) is 10.0 Å². The Balaban J connectivity index is 2.15. The van der Waals surface area contributed by atoms with Crippen molar-refractivity contribution in [2.45, 2.75) is 26.8 Å². The van der Waals surface area contributed by atoms with Gasteiger partial charge in [-0.15, -0.1) is 0 Å².